The van der Waals surface area contributed by atoms with Gasteiger partial charge in [-0.3, -0.25) is 4.79 Å². The number of rotatable bonds is 7. The Labute approximate surface area is 148 Å². The Morgan fingerprint density at radius 2 is 2.08 bits per heavy atom. The molecule has 1 amide bonds. The van der Waals surface area contributed by atoms with Gasteiger partial charge >= 0.3 is 0 Å². The summed E-state index contributed by atoms with van der Waals surface area (Å²) in [5, 5.41) is 3.99. The summed E-state index contributed by atoms with van der Waals surface area (Å²) in [5.74, 6) is 2.28. The van der Waals surface area contributed by atoms with Gasteiger partial charge in [0, 0.05) is 25.9 Å². The first-order valence-electron chi connectivity index (χ1n) is 8.91. The maximum absolute atomic E-state index is 12.3. The lowest BCUT2D eigenvalue weighted by atomic mass is 10.1. The topological polar surface area (TPSA) is 68.5 Å². The van der Waals surface area contributed by atoms with E-state index in [1.807, 2.05) is 43.0 Å². The fourth-order valence-corrected chi connectivity index (χ4v) is 3.01. The van der Waals surface area contributed by atoms with E-state index in [1.54, 1.807) is 0 Å². The minimum absolute atomic E-state index is 0.00541. The van der Waals surface area contributed by atoms with Crippen LogP contribution in [0.1, 0.15) is 56.8 Å². The molecule has 134 valence electrons. The molecule has 2 aromatic rings. The largest absolute Gasteiger partial charge is 0.491 e. The summed E-state index contributed by atoms with van der Waals surface area (Å²) >= 11 is 0. The van der Waals surface area contributed by atoms with Crippen LogP contribution in [0.2, 0.25) is 0 Å². The molecule has 1 aliphatic rings. The monoisotopic (exact) mass is 343 g/mol. The number of likely N-dealkylation sites (tertiary alicyclic amines) is 1. The van der Waals surface area contributed by atoms with Crippen molar-refractivity contribution in [2.75, 3.05) is 6.54 Å². The molecule has 1 saturated heterocycles. The van der Waals surface area contributed by atoms with Gasteiger partial charge in [0.25, 0.3) is 0 Å². The van der Waals surface area contributed by atoms with Gasteiger partial charge in [-0.15, -0.1) is 0 Å². The Hall–Kier alpha value is -2.37. The van der Waals surface area contributed by atoms with Gasteiger partial charge in [0.2, 0.25) is 11.8 Å². The molecule has 0 radical (unpaired) electrons. The number of ether oxygens (including phenoxy) is 1. The van der Waals surface area contributed by atoms with E-state index >= 15 is 0 Å². The number of amides is 1. The lowest BCUT2D eigenvalue weighted by molar-refractivity contribution is -0.128. The number of hydrogen-bond acceptors (Lipinski definition) is 5. The fraction of sp³-hybridized carbons (Fsp3) is 0.526. The highest BCUT2D eigenvalue weighted by atomic mass is 16.5. The normalized spacial score (nSPS) is 17.5. The summed E-state index contributed by atoms with van der Waals surface area (Å²) in [7, 11) is 0. The first-order valence-corrected chi connectivity index (χ1v) is 8.91. The molecule has 0 saturated carbocycles. The predicted molar refractivity (Wildman–Crippen MR) is 93.3 cm³/mol. The number of carbonyl (C=O) groups is 1. The second kappa shape index (κ2) is 7.68. The fourth-order valence-electron chi connectivity index (χ4n) is 3.01. The Morgan fingerprint density at radius 1 is 1.32 bits per heavy atom. The number of aromatic nitrogens is 2. The van der Waals surface area contributed by atoms with E-state index in [9.17, 15) is 4.79 Å². The quantitative estimate of drug-likeness (QED) is 0.771. The summed E-state index contributed by atoms with van der Waals surface area (Å²) in [6.45, 7) is 7.29. The second-order valence-electron chi connectivity index (χ2n) is 6.78. The van der Waals surface area contributed by atoms with Crippen LogP contribution in [0.5, 0.6) is 5.75 Å². The van der Waals surface area contributed by atoms with Gasteiger partial charge in [-0.1, -0.05) is 24.2 Å². The van der Waals surface area contributed by atoms with Crippen LogP contribution >= 0.6 is 0 Å². The lowest BCUT2D eigenvalue weighted by Gasteiger charge is -2.16. The van der Waals surface area contributed by atoms with Gasteiger partial charge in [0.1, 0.15) is 5.75 Å². The van der Waals surface area contributed by atoms with Gasteiger partial charge in [0.15, 0.2) is 5.82 Å². The van der Waals surface area contributed by atoms with Crippen molar-refractivity contribution >= 4 is 5.91 Å². The highest BCUT2D eigenvalue weighted by Crippen LogP contribution is 2.28. The number of nitrogens with zero attached hydrogens (tertiary/aromatic N) is 3. The summed E-state index contributed by atoms with van der Waals surface area (Å²) in [6.07, 6.45) is 2.37. The molecule has 1 aromatic heterocycles. The van der Waals surface area contributed by atoms with Crippen LogP contribution in [0.4, 0.5) is 0 Å². The molecule has 0 aliphatic carbocycles. The Kier molecular flexibility index (Phi) is 5.36. The molecule has 1 fully saturated rings. The van der Waals surface area contributed by atoms with Crippen LogP contribution in [0, 0.1) is 0 Å². The molecule has 25 heavy (non-hydrogen) atoms. The van der Waals surface area contributed by atoms with E-state index in [0.717, 1.165) is 30.0 Å². The summed E-state index contributed by atoms with van der Waals surface area (Å²) < 4.78 is 11.0. The minimum atomic E-state index is -0.00541. The molecule has 1 aliphatic heterocycles. The summed E-state index contributed by atoms with van der Waals surface area (Å²) in [4.78, 5) is 18.6. The third-order valence-corrected chi connectivity index (χ3v) is 4.19. The molecule has 0 bridgehead atoms. The average Bonchev–Trinajstić information content (AvgIpc) is 3.17. The zero-order valence-corrected chi connectivity index (χ0v) is 15.1. The maximum Gasteiger partial charge on any atom is 0.232 e. The molecule has 1 aromatic carbocycles. The van der Waals surface area contributed by atoms with Gasteiger partial charge in [-0.2, -0.15) is 4.98 Å². The molecule has 0 spiro atoms. The van der Waals surface area contributed by atoms with Gasteiger partial charge in [0.05, 0.1) is 12.0 Å². The lowest BCUT2D eigenvalue weighted by Crippen LogP contribution is -2.24. The van der Waals surface area contributed by atoms with Crippen molar-refractivity contribution in [1.29, 1.82) is 0 Å². The van der Waals surface area contributed by atoms with E-state index in [1.165, 1.54) is 0 Å². The van der Waals surface area contributed by atoms with Crippen molar-refractivity contribution in [2.45, 2.75) is 58.6 Å². The molecular formula is C19H25N3O3. The van der Waals surface area contributed by atoms with Gasteiger partial charge in [-0.05, 0) is 38.0 Å². The summed E-state index contributed by atoms with van der Waals surface area (Å²) in [5.41, 5.74) is 1.09. The van der Waals surface area contributed by atoms with Crippen LogP contribution < -0.4 is 4.74 Å². The molecule has 0 N–H and O–H groups in total. The van der Waals surface area contributed by atoms with Crippen molar-refractivity contribution in [3.63, 3.8) is 0 Å². The van der Waals surface area contributed by atoms with E-state index < -0.39 is 0 Å². The third-order valence-electron chi connectivity index (χ3n) is 4.19. The first-order chi connectivity index (χ1) is 12.0. The van der Waals surface area contributed by atoms with Crippen LogP contribution in [0.15, 0.2) is 28.8 Å². The number of hydrogen-bond donors (Lipinski definition) is 0. The third kappa shape index (κ3) is 4.38. The Morgan fingerprint density at radius 3 is 2.76 bits per heavy atom. The average molecular weight is 343 g/mol. The number of benzene rings is 1. The Balaban J connectivity index is 1.60. The molecule has 6 heteroatoms. The van der Waals surface area contributed by atoms with E-state index in [0.29, 0.717) is 25.4 Å². The zero-order chi connectivity index (χ0) is 17.8. The van der Waals surface area contributed by atoms with Gasteiger partial charge < -0.3 is 14.2 Å². The zero-order valence-electron chi connectivity index (χ0n) is 15.1. The number of carbonyl (C=O) groups excluding carboxylic acids is 1. The van der Waals surface area contributed by atoms with Crippen LogP contribution in [0.25, 0.3) is 0 Å². The molecule has 1 atom stereocenters. The van der Waals surface area contributed by atoms with Gasteiger partial charge in [-0.25, -0.2) is 0 Å². The van der Waals surface area contributed by atoms with Crippen LogP contribution in [0.3, 0.4) is 0 Å². The van der Waals surface area contributed by atoms with Crippen molar-refractivity contribution in [2.24, 2.45) is 0 Å². The van der Waals surface area contributed by atoms with Crippen LogP contribution in [-0.2, 0) is 17.8 Å². The van der Waals surface area contributed by atoms with E-state index in [4.69, 9.17) is 9.26 Å². The predicted octanol–water partition coefficient (Wildman–Crippen LogP) is 3.33. The highest BCUT2D eigenvalue weighted by Gasteiger charge is 2.34. The number of aryl methyl sites for hydroxylation is 1. The van der Waals surface area contributed by atoms with E-state index in [-0.39, 0.29) is 17.9 Å². The highest BCUT2D eigenvalue weighted by molar-refractivity contribution is 5.79. The smallest absolute Gasteiger partial charge is 0.232 e. The van der Waals surface area contributed by atoms with Crippen molar-refractivity contribution in [3.8, 4) is 5.75 Å². The molecule has 2 heterocycles. The van der Waals surface area contributed by atoms with E-state index in [2.05, 4.69) is 17.1 Å². The Bertz CT molecular complexity index is 709. The first kappa shape index (κ1) is 17.5. The van der Waals surface area contributed by atoms with Crippen molar-refractivity contribution < 1.29 is 14.1 Å². The standard InChI is InChI=1S/C19H25N3O3/c1-4-5-17-20-19(25-21-17)15-10-18(23)22(12-15)11-14-6-8-16(9-7-14)24-13(2)3/h6-9,13,15H,4-5,10-12H2,1-3H3. The maximum atomic E-state index is 12.3. The molecule has 1 unspecified atom stereocenters. The van der Waals surface area contributed by atoms with Crippen molar-refractivity contribution in [3.05, 3.63) is 41.5 Å². The molecular weight excluding hydrogens is 318 g/mol. The molecule has 6 nitrogen and oxygen atoms in total. The minimum Gasteiger partial charge on any atom is -0.491 e. The SMILES string of the molecule is CCCc1noc(C2CC(=O)N(Cc3ccc(OC(C)C)cc3)C2)n1. The van der Waals surface area contributed by atoms with Crippen molar-refractivity contribution in [1.82, 2.24) is 15.0 Å². The molecule has 3 rings (SSSR count). The summed E-state index contributed by atoms with van der Waals surface area (Å²) in [6, 6.07) is 7.90. The van der Waals surface area contributed by atoms with Crippen LogP contribution in [-0.4, -0.2) is 33.6 Å². The second-order valence-corrected chi connectivity index (χ2v) is 6.78.